The molecule has 0 aliphatic rings. The zero-order valence-corrected chi connectivity index (χ0v) is 11.9. The van der Waals surface area contributed by atoms with Crippen molar-refractivity contribution in [2.45, 2.75) is 38.0 Å². The lowest BCUT2D eigenvalue weighted by Gasteiger charge is -2.01. The Morgan fingerprint density at radius 1 is 1.39 bits per heavy atom. The number of aliphatic carboxylic acids is 1. The van der Waals surface area contributed by atoms with Gasteiger partial charge in [-0.15, -0.1) is 11.6 Å². The van der Waals surface area contributed by atoms with Crippen molar-refractivity contribution in [2.24, 2.45) is 20.9 Å². The third-order valence-electron chi connectivity index (χ3n) is 1.95. The van der Waals surface area contributed by atoms with Crippen molar-refractivity contribution in [1.82, 2.24) is 0 Å². The van der Waals surface area contributed by atoms with E-state index in [9.17, 15) is 4.79 Å². The first-order chi connectivity index (χ1) is 8.43. The van der Waals surface area contributed by atoms with Crippen LogP contribution in [-0.4, -0.2) is 34.0 Å². The van der Waals surface area contributed by atoms with E-state index in [4.69, 9.17) is 28.2 Å². The minimum atomic E-state index is -1.31. The molecule has 0 saturated carbocycles. The van der Waals surface area contributed by atoms with E-state index in [1.54, 1.807) is 0 Å². The van der Waals surface area contributed by atoms with Crippen LogP contribution in [-0.2, 0) is 4.79 Å². The van der Waals surface area contributed by atoms with E-state index in [0.29, 0.717) is 0 Å². The molecule has 0 amide bonds. The number of rotatable bonds is 7. The zero-order chi connectivity index (χ0) is 14.0. The first kappa shape index (κ1) is 17.1. The van der Waals surface area contributed by atoms with E-state index < -0.39 is 11.8 Å². The minimum Gasteiger partial charge on any atom is -0.475 e. The topological polar surface area (TPSA) is 114 Å². The molecule has 0 heterocycles. The van der Waals surface area contributed by atoms with Crippen LogP contribution in [0.1, 0.15) is 32.6 Å². The fourth-order valence-corrected chi connectivity index (χ4v) is 1.82. The van der Waals surface area contributed by atoms with Crippen molar-refractivity contribution < 1.29 is 9.90 Å². The first-order valence-corrected chi connectivity index (χ1v) is 6.98. The van der Waals surface area contributed by atoms with Crippen LogP contribution < -0.4 is 11.5 Å². The molecular weight excluding hydrogens is 276 g/mol. The summed E-state index contributed by atoms with van der Waals surface area (Å²) < 4.78 is 3.83. The third kappa shape index (κ3) is 10.2. The van der Waals surface area contributed by atoms with Crippen LogP contribution in [0.3, 0.4) is 0 Å². The lowest BCUT2D eigenvalue weighted by molar-refractivity contribution is -0.129. The highest BCUT2D eigenvalue weighted by Crippen LogP contribution is 2.11. The van der Waals surface area contributed by atoms with Crippen LogP contribution in [0.2, 0.25) is 0 Å². The summed E-state index contributed by atoms with van der Waals surface area (Å²) in [7, 11) is 0. The Balaban J connectivity index is 3.70. The number of carboxylic acids is 1. The second-order valence-corrected chi connectivity index (χ2v) is 5.31. The molecule has 1 unspecified atom stereocenters. The Morgan fingerprint density at radius 3 is 2.61 bits per heavy atom. The van der Waals surface area contributed by atoms with Gasteiger partial charge in [-0.25, -0.2) is 4.79 Å². The zero-order valence-electron chi connectivity index (χ0n) is 10.3. The SMILES string of the molecule is CC(Cl)CCCCCS/N=C(N)\N=C(\N)C(=O)O. The number of halogens is 1. The van der Waals surface area contributed by atoms with Gasteiger partial charge in [0.05, 0.1) is 0 Å². The first-order valence-electron chi connectivity index (χ1n) is 5.60. The summed E-state index contributed by atoms with van der Waals surface area (Å²) in [5.41, 5.74) is 10.5. The number of amidine groups is 1. The lowest BCUT2D eigenvalue weighted by atomic mass is 10.2. The maximum Gasteiger partial charge on any atom is 0.371 e. The van der Waals surface area contributed by atoms with E-state index >= 15 is 0 Å². The number of unbranched alkanes of at least 4 members (excludes halogenated alkanes) is 2. The van der Waals surface area contributed by atoms with Gasteiger partial charge in [-0.2, -0.15) is 9.39 Å². The molecule has 0 aromatic carbocycles. The van der Waals surface area contributed by atoms with E-state index in [1.165, 1.54) is 11.9 Å². The Morgan fingerprint density at radius 2 is 2.06 bits per heavy atom. The molecule has 5 N–H and O–H groups in total. The van der Waals surface area contributed by atoms with Gasteiger partial charge in [-0.05, 0) is 31.7 Å². The molecule has 1 atom stereocenters. The number of carboxylic acid groups (broad SMARTS) is 1. The third-order valence-corrected chi connectivity index (χ3v) is 2.96. The minimum absolute atomic E-state index is 0.130. The van der Waals surface area contributed by atoms with Crippen LogP contribution in [0.5, 0.6) is 0 Å². The fourth-order valence-electron chi connectivity index (χ4n) is 1.07. The molecule has 0 radical (unpaired) electrons. The van der Waals surface area contributed by atoms with Gasteiger partial charge >= 0.3 is 5.97 Å². The molecule has 0 aliphatic carbocycles. The van der Waals surface area contributed by atoms with Gasteiger partial charge in [-0.1, -0.05) is 12.8 Å². The number of carbonyl (C=O) groups is 1. The van der Waals surface area contributed by atoms with Gasteiger partial charge in [-0.3, -0.25) is 0 Å². The van der Waals surface area contributed by atoms with Crippen molar-refractivity contribution in [2.75, 3.05) is 5.75 Å². The molecule has 18 heavy (non-hydrogen) atoms. The number of hydrogen-bond acceptors (Lipinski definition) is 3. The van der Waals surface area contributed by atoms with Crippen molar-refractivity contribution in [1.29, 1.82) is 0 Å². The normalized spacial score (nSPS) is 14.6. The van der Waals surface area contributed by atoms with Gasteiger partial charge in [0.15, 0.2) is 0 Å². The molecule has 0 saturated heterocycles. The standard InChI is InChI=1S/C10H19ClN4O2S/c1-7(11)5-3-2-4-6-18-15-10(13)14-8(12)9(16)17/h7H,2-6H2,1H3,(H,16,17)(H4,12,13,14,15). The summed E-state index contributed by atoms with van der Waals surface area (Å²) in [4.78, 5) is 13.8. The highest BCUT2D eigenvalue weighted by Gasteiger charge is 2.03. The molecule has 0 bridgehead atoms. The summed E-state index contributed by atoms with van der Waals surface area (Å²) in [6.07, 6.45) is 4.19. The van der Waals surface area contributed by atoms with Gasteiger partial charge in [0.2, 0.25) is 11.8 Å². The summed E-state index contributed by atoms with van der Waals surface area (Å²) in [6, 6.07) is 0. The number of nitrogens with zero attached hydrogens (tertiary/aromatic N) is 2. The molecule has 0 aromatic rings. The molecule has 0 rings (SSSR count). The average molecular weight is 295 g/mol. The Labute approximate surface area is 116 Å². The number of guanidine groups is 1. The summed E-state index contributed by atoms with van der Waals surface area (Å²) >= 11 is 7.06. The maximum absolute atomic E-state index is 10.4. The molecule has 8 heteroatoms. The Bertz CT molecular complexity index is 321. The molecular formula is C10H19ClN4O2S. The number of hydrogen-bond donors (Lipinski definition) is 3. The molecule has 104 valence electrons. The smallest absolute Gasteiger partial charge is 0.371 e. The number of aliphatic imine (C=N–C) groups is 1. The van der Waals surface area contributed by atoms with Gasteiger partial charge in [0.25, 0.3) is 0 Å². The number of alkyl halides is 1. The van der Waals surface area contributed by atoms with Crippen LogP contribution in [0.25, 0.3) is 0 Å². The largest absolute Gasteiger partial charge is 0.475 e. The molecule has 0 fully saturated rings. The van der Waals surface area contributed by atoms with Crippen molar-refractivity contribution in [3.63, 3.8) is 0 Å². The fraction of sp³-hybridized carbons (Fsp3) is 0.700. The summed E-state index contributed by atoms with van der Waals surface area (Å²) in [5.74, 6) is -1.20. The Hall–Kier alpha value is -0.950. The molecule has 0 aromatic heterocycles. The van der Waals surface area contributed by atoms with Crippen LogP contribution >= 0.6 is 23.5 Å². The second-order valence-electron chi connectivity index (χ2n) is 3.72. The molecule has 6 nitrogen and oxygen atoms in total. The van der Waals surface area contributed by atoms with Crippen LogP contribution in [0.15, 0.2) is 9.39 Å². The van der Waals surface area contributed by atoms with Crippen LogP contribution in [0.4, 0.5) is 0 Å². The lowest BCUT2D eigenvalue weighted by Crippen LogP contribution is -2.26. The highest BCUT2D eigenvalue weighted by atomic mass is 35.5. The van der Waals surface area contributed by atoms with E-state index in [2.05, 4.69) is 9.39 Å². The monoisotopic (exact) mass is 294 g/mol. The van der Waals surface area contributed by atoms with Gasteiger partial charge < -0.3 is 16.6 Å². The van der Waals surface area contributed by atoms with E-state index in [0.717, 1.165) is 31.4 Å². The van der Waals surface area contributed by atoms with Crippen LogP contribution in [0, 0.1) is 0 Å². The number of nitrogens with two attached hydrogens (primary N) is 2. The summed E-state index contributed by atoms with van der Waals surface area (Å²) in [5, 5.41) is 8.68. The van der Waals surface area contributed by atoms with Gasteiger partial charge in [0.1, 0.15) is 0 Å². The van der Waals surface area contributed by atoms with Crippen molar-refractivity contribution in [3.8, 4) is 0 Å². The quantitative estimate of drug-likeness (QED) is 0.217. The predicted molar refractivity (Wildman–Crippen MR) is 77.1 cm³/mol. The second kappa shape index (κ2) is 10.0. The molecule has 0 aliphatic heterocycles. The maximum atomic E-state index is 10.4. The van der Waals surface area contributed by atoms with E-state index in [-0.39, 0.29) is 11.3 Å². The summed E-state index contributed by atoms with van der Waals surface area (Å²) in [6.45, 7) is 1.98. The Kier molecular flexibility index (Phi) is 9.49. The highest BCUT2D eigenvalue weighted by molar-refractivity contribution is 7.98. The van der Waals surface area contributed by atoms with Crippen molar-refractivity contribution in [3.05, 3.63) is 0 Å². The van der Waals surface area contributed by atoms with E-state index in [1.807, 2.05) is 6.92 Å². The predicted octanol–water partition coefficient (Wildman–Crippen LogP) is 1.58. The molecule has 0 spiro atoms. The van der Waals surface area contributed by atoms with Gasteiger partial charge in [0, 0.05) is 11.1 Å². The average Bonchev–Trinajstić information content (AvgIpc) is 2.27. The van der Waals surface area contributed by atoms with Crippen molar-refractivity contribution >= 4 is 41.3 Å².